The summed E-state index contributed by atoms with van der Waals surface area (Å²) in [6.45, 7) is 3.73. The number of benzene rings is 8. The zero-order chi connectivity index (χ0) is 73.3. The number of rotatable bonds is 16. The number of ketones is 2. The van der Waals surface area contributed by atoms with Gasteiger partial charge in [-0.05, 0) is 130 Å². The molecule has 558 valence electrons. The largest absolute Gasteiger partial charge is 0.399 e. The number of fused-ring (bicyclic) bond motifs is 4. The molecule has 5 N–H and O–H groups in total. The molecule has 0 saturated carbocycles. The van der Waals surface area contributed by atoms with Crippen LogP contribution >= 0.6 is 11.6 Å². The monoisotopic (exact) mass is 1480 g/mol. The zero-order valence-electron chi connectivity index (χ0n) is 55.8. The highest BCUT2D eigenvalue weighted by Gasteiger charge is 2.24. The van der Waals surface area contributed by atoms with Crippen molar-refractivity contribution in [3.05, 3.63) is 374 Å². The SMILES string of the molecule is C.C.C.C.C.Cc1ccncc1.Nc1ccc(Cn2cc(C(=O)C(=O)Nc3ccncc3)c3ccccc32)cc1.O=C(Nc1ccncc1)C(=O)c1cn(Cc2ccc([N+](=O)[O-])cc2)c2ccccc12.O=[N+]([O-])c1ccc(CCl)cc1.O=[N+]([O-])c1ccc(Cn2ccc3ccccc32)cc1.c1ccc2[nH]ccc2c1. The molecule has 0 radical (unpaired) electrons. The highest BCUT2D eigenvalue weighted by Crippen LogP contribution is 2.27. The molecular formula is C85H86ClN13O10. The lowest BCUT2D eigenvalue weighted by Crippen LogP contribution is -2.22. The fraction of sp³-hybridized carbons (Fsp3) is 0.118. The molecule has 24 heteroatoms. The second-order valence-electron chi connectivity index (χ2n) is 23.2. The van der Waals surface area contributed by atoms with Crippen molar-refractivity contribution in [1.82, 2.24) is 33.6 Å². The van der Waals surface area contributed by atoms with Gasteiger partial charge in [0.1, 0.15) is 0 Å². The number of nitrogens with one attached hydrogen (secondary N) is 3. The number of nitro groups is 3. The molecule has 7 heterocycles. The number of nitrogen functional groups attached to an aromatic ring is 1. The van der Waals surface area contributed by atoms with Crippen molar-refractivity contribution in [2.75, 3.05) is 16.4 Å². The van der Waals surface area contributed by atoms with Crippen molar-refractivity contribution in [1.29, 1.82) is 0 Å². The quantitative estimate of drug-likeness (QED) is 0.0175. The van der Waals surface area contributed by atoms with E-state index in [1.165, 1.54) is 64.0 Å². The number of aryl methyl sites for hydroxylation is 1. The molecule has 0 unspecified atom stereocenters. The number of nitrogens with two attached hydrogens (primary N) is 1. The number of nitrogens with zero attached hydrogens (tertiary/aromatic N) is 9. The van der Waals surface area contributed by atoms with Crippen molar-refractivity contribution in [3.63, 3.8) is 0 Å². The molecule has 0 fully saturated rings. The van der Waals surface area contributed by atoms with Gasteiger partial charge in [-0.1, -0.05) is 158 Å². The maximum absolute atomic E-state index is 12.8. The number of H-pyrrole nitrogens is 1. The van der Waals surface area contributed by atoms with Crippen LogP contribution in [0.3, 0.4) is 0 Å². The standard InChI is InChI=1S/C22H16N4O4.C22H18N4O2.C15H12N2O2.C8H7N.C7H6ClNO2.C6H7N.5CH4/c27-21(22(28)24-16-9-11-23-12-10-16)19-14-25(20-4-2-1-3-18(19)20)13-15-5-7-17(8-6-15)26(29)30;23-16-7-5-15(6-8-16)13-26-14-19(18-3-1-2-4-20(18)26)21(27)22(28)25-17-9-11-24-12-10-17;18-17(19)14-7-5-12(6-8-14)11-16-10-9-13-3-1-2-4-15(13)16;1-2-4-8-7(3-1)5-6-9-8;8-5-6-1-3-7(4-2-6)9(10)11;1-6-2-4-7-5-3-6;;;;;/h1-12,14H,13H2,(H,23,24,28);1-12,14H,13,23H2,(H,24,25,28);1-10H,11H2;1-6,9H;1-4H,5H2;2-5H,1H3;5*1H4. The molecule has 0 saturated heterocycles. The number of nitro benzene ring substituents is 3. The Morgan fingerprint density at radius 3 is 1.17 bits per heavy atom. The Labute approximate surface area is 636 Å². The zero-order valence-corrected chi connectivity index (χ0v) is 56.5. The number of carbonyl (C=O) groups excluding carboxylic acids is 4. The second kappa shape index (κ2) is 42.0. The van der Waals surface area contributed by atoms with Crippen LogP contribution in [0.2, 0.25) is 0 Å². The molecule has 7 aromatic heterocycles. The van der Waals surface area contributed by atoms with Gasteiger partial charge in [-0.15, -0.1) is 11.6 Å². The number of anilines is 3. The average Bonchev–Trinajstić information content (AvgIpc) is 1.64. The maximum atomic E-state index is 12.8. The number of aromatic nitrogens is 7. The fourth-order valence-corrected chi connectivity index (χ4v) is 10.9. The summed E-state index contributed by atoms with van der Waals surface area (Å²) in [6.07, 6.45) is 17.1. The van der Waals surface area contributed by atoms with Gasteiger partial charge >= 0.3 is 0 Å². The molecule has 8 aromatic carbocycles. The summed E-state index contributed by atoms with van der Waals surface area (Å²) in [5.74, 6) is -2.26. The van der Waals surface area contributed by atoms with Crippen molar-refractivity contribution in [2.45, 2.75) is 69.6 Å². The minimum atomic E-state index is -0.737. The van der Waals surface area contributed by atoms with Gasteiger partial charge in [-0.2, -0.15) is 0 Å². The smallest absolute Gasteiger partial charge is 0.296 e. The molecule has 0 spiro atoms. The van der Waals surface area contributed by atoms with Crippen LogP contribution in [-0.2, 0) is 35.1 Å². The predicted molar refractivity (Wildman–Crippen MR) is 438 cm³/mol. The lowest BCUT2D eigenvalue weighted by molar-refractivity contribution is -0.385. The topological polar surface area (TPSA) is 317 Å². The first kappa shape index (κ1) is 85.6. The highest BCUT2D eigenvalue weighted by molar-refractivity contribution is 6.49. The molecule has 15 aromatic rings. The van der Waals surface area contributed by atoms with Crippen LogP contribution in [0.15, 0.2) is 305 Å². The van der Waals surface area contributed by atoms with Gasteiger partial charge in [0.05, 0.1) is 25.9 Å². The summed E-state index contributed by atoms with van der Waals surface area (Å²) in [5.41, 5.74) is 17.5. The van der Waals surface area contributed by atoms with Crippen molar-refractivity contribution >= 4 is 113 Å². The van der Waals surface area contributed by atoms with Crippen LogP contribution < -0.4 is 16.4 Å². The van der Waals surface area contributed by atoms with Crippen molar-refractivity contribution in [3.8, 4) is 0 Å². The molecule has 0 aliphatic rings. The number of halogens is 1. The van der Waals surface area contributed by atoms with Gasteiger partial charge in [0.25, 0.3) is 40.4 Å². The Kier molecular flexibility index (Phi) is 33.0. The van der Waals surface area contributed by atoms with Gasteiger partial charge in [0, 0.05) is 174 Å². The Morgan fingerprint density at radius 2 is 0.780 bits per heavy atom. The Morgan fingerprint density at radius 1 is 0.422 bits per heavy atom. The lowest BCUT2D eigenvalue weighted by Gasteiger charge is -2.06. The van der Waals surface area contributed by atoms with Crippen LogP contribution in [0.1, 0.15) is 85.7 Å². The number of aromatic amines is 1. The Bertz CT molecular complexity index is 5390. The van der Waals surface area contributed by atoms with Gasteiger partial charge in [-0.3, -0.25) is 64.5 Å². The van der Waals surface area contributed by atoms with E-state index in [0.717, 1.165) is 38.7 Å². The molecule has 109 heavy (non-hydrogen) atoms. The molecule has 0 aliphatic heterocycles. The number of para-hydroxylation sites is 4. The summed E-state index contributed by atoms with van der Waals surface area (Å²) in [7, 11) is 0. The summed E-state index contributed by atoms with van der Waals surface area (Å²) in [4.78, 5) is 95.7. The van der Waals surface area contributed by atoms with Gasteiger partial charge in [0.2, 0.25) is 0 Å². The van der Waals surface area contributed by atoms with Crippen LogP contribution in [0.4, 0.5) is 34.1 Å². The van der Waals surface area contributed by atoms with E-state index in [-0.39, 0.29) is 59.1 Å². The molecule has 0 bridgehead atoms. The maximum Gasteiger partial charge on any atom is 0.296 e. The third kappa shape index (κ3) is 23.7. The van der Waals surface area contributed by atoms with E-state index >= 15 is 0 Å². The third-order valence-electron chi connectivity index (χ3n) is 16.0. The minimum absolute atomic E-state index is 0. The van der Waals surface area contributed by atoms with Gasteiger partial charge in [-0.25, -0.2) is 0 Å². The molecule has 0 aliphatic carbocycles. The van der Waals surface area contributed by atoms with Gasteiger partial charge < -0.3 is 35.1 Å². The molecule has 2 amide bonds. The Balaban J connectivity index is 0.000000248. The van der Waals surface area contributed by atoms with E-state index in [1.807, 2.05) is 126 Å². The van der Waals surface area contributed by atoms with E-state index in [4.69, 9.17) is 17.3 Å². The van der Waals surface area contributed by atoms with Crippen LogP contribution in [0.25, 0.3) is 43.6 Å². The molecular weight excluding hydrogens is 1400 g/mol. The third-order valence-corrected chi connectivity index (χ3v) is 16.3. The van der Waals surface area contributed by atoms with E-state index < -0.39 is 33.2 Å². The average molecular weight is 1490 g/mol. The summed E-state index contributed by atoms with van der Waals surface area (Å²) in [5, 5.41) is 40.7. The van der Waals surface area contributed by atoms with Crippen molar-refractivity contribution in [2.24, 2.45) is 0 Å². The van der Waals surface area contributed by atoms with Crippen LogP contribution in [0, 0.1) is 37.3 Å². The molecule has 23 nitrogen and oxygen atoms in total. The number of pyridine rings is 3. The Hall–Kier alpha value is -14.1. The number of hydrogen-bond donors (Lipinski definition) is 4. The number of amides is 2. The normalized spacial score (nSPS) is 9.93. The minimum Gasteiger partial charge on any atom is -0.399 e. The van der Waals surface area contributed by atoms with Gasteiger partial charge in [0.15, 0.2) is 0 Å². The first-order chi connectivity index (χ1) is 50.5. The second-order valence-corrected chi connectivity index (χ2v) is 23.4. The van der Waals surface area contributed by atoms with E-state index in [9.17, 15) is 49.5 Å². The summed E-state index contributed by atoms with van der Waals surface area (Å²) >= 11 is 5.49. The fourth-order valence-electron chi connectivity index (χ4n) is 10.7. The predicted octanol–water partition coefficient (Wildman–Crippen LogP) is 20.0. The highest BCUT2D eigenvalue weighted by atomic mass is 35.5. The number of hydrogen-bond acceptors (Lipinski definition) is 14. The summed E-state index contributed by atoms with van der Waals surface area (Å²) < 4.78 is 5.95. The first-order valence-corrected chi connectivity index (χ1v) is 32.7. The van der Waals surface area contributed by atoms with E-state index in [1.54, 1.807) is 122 Å². The lowest BCUT2D eigenvalue weighted by atomic mass is 10.1. The van der Waals surface area contributed by atoms with E-state index in [0.29, 0.717) is 59.1 Å². The summed E-state index contributed by atoms with van der Waals surface area (Å²) in [6, 6.07) is 72.4. The number of Topliss-reactive ketones (excluding diaryl/α,β-unsaturated/α-hetero) is 2. The number of carbonyl (C=O) groups is 4. The van der Waals surface area contributed by atoms with E-state index in [2.05, 4.69) is 71.5 Å². The molecule has 15 rings (SSSR count). The van der Waals surface area contributed by atoms with Crippen LogP contribution in [0.5, 0.6) is 0 Å². The molecule has 0 atom stereocenters. The first-order valence-electron chi connectivity index (χ1n) is 32.2. The number of alkyl halides is 1. The van der Waals surface area contributed by atoms with Crippen molar-refractivity contribution < 1.29 is 33.9 Å². The van der Waals surface area contributed by atoms with Crippen LogP contribution in [-0.4, -0.2) is 71.8 Å². The number of non-ortho nitro benzene ring substituents is 3.